The summed E-state index contributed by atoms with van der Waals surface area (Å²) in [5.74, 6) is -0.438. The molecule has 0 bridgehead atoms. The van der Waals surface area contributed by atoms with E-state index in [-0.39, 0.29) is 16.4 Å². The largest absolute Gasteiger partial charge is 0.218 e. The van der Waals surface area contributed by atoms with Crippen LogP contribution < -0.4 is 0 Å². The summed E-state index contributed by atoms with van der Waals surface area (Å²) in [4.78, 5) is 0. The highest BCUT2D eigenvalue weighted by atomic mass is 35.5. The summed E-state index contributed by atoms with van der Waals surface area (Å²) in [5.41, 5.74) is 0.448. The van der Waals surface area contributed by atoms with Gasteiger partial charge in [0.25, 0.3) is 0 Å². The van der Waals surface area contributed by atoms with E-state index in [4.69, 9.17) is 16.9 Å². The Morgan fingerprint density at radius 2 is 2.13 bits per heavy atom. The number of benzene rings is 1. The van der Waals surface area contributed by atoms with Gasteiger partial charge in [0.2, 0.25) is 0 Å². The monoisotopic (exact) mass is 221 g/mol. The van der Waals surface area contributed by atoms with E-state index in [1.165, 1.54) is 23.0 Å². The summed E-state index contributed by atoms with van der Waals surface area (Å²) in [6.45, 7) is 0. The van der Waals surface area contributed by atoms with Crippen molar-refractivity contribution in [2.45, 2.75) is 0 Å². The van der Waals surface area contributed by atoms with Crippen molar-refractivity contribution in [1.82, 2.24) is 9.78 Å². The highest BCUT2D eigenvalue weighted by Gasteiger charge is 2.11. The van der Waals surface area contributed by atoms with Crippen molar-refractivity contribution >= 4 is 11.6 Å². The second-order valence-corrected chi connectivity index (χ2v) is 3.18. The summed E-state index contributed by atoms with van der Waals surface area (Å²) < 4.78 is 14.6. The van der Waals surface area contributed by atoms with Gasteiger partial charge in [-0.2, -0.15) is 10.4 Å². The lowest BCUT2D eigenvalue weighted by atomic mass is 10.3. The van der Waals surface area contributed by atoms with Crippen molar-refractivity contribution < 1.29 is 4.39 Å². The molecular formula is C10H5ClFN3. The zero-order valence-electron chi connectivity index (χ0n) is 7.48. The van der Waals surface area contributed by atoms with E-state index in [1.54, 1.807) is 12.1 Å². The molecule has 0 amide bonds. The smallest absolute Gasteiger partial charge is 0.150 e. The molecule has 0 atom stereocenters. The molecule has 1 heterocycles. The van der Waals surface area contributed by atoms with Crippen LogP contribution in [0.3, 0.4) is 0 Å². The number of hydrogen-bond donors (Lipinski definition) is 0. The molecule has 1 aromatic carbocycles. The Hall–Kier alpha value is -1.86. The van der Waals surface area contributed by atoms with Gasteiger partial charge in [-0.15, -0.1) is 0 Å². The predicted molar refractivity (Wildman–Crippen MR) is 53.2 cm³/mol. The minimum atomic E-state index is -0.438. The molecule has 0 saturated carbocycles. The molecule has 0 radical (unpaired) electrons. The van der Waals surface area contributed by atoms with Crippen LogP contribution in [0, 0.1) is 17.1 Å². The maximum Gasteiger partial charge on any atom is 0.150 e. The van der Waals surface area contributed by atoms with Crippen molar-refractivity contribution in [2.24, 2.45) is 0 Å². The minimum Gasteiger partial charge on any atom is -0.218 e. The predicted octanol–water partition coefficient (Wildman–Crippen LogP) is 2.54. The molecule has 2 rings (SSSR count). The van der Waals surface area contributed by atoms with E-state index >= 15 is 0 Å². The molecule has 5 heteroatoms. The van der Waals surface area contributed by atoms with Crippen LogP contribution in [0.5, 0.6) is 0 Å². The molecule has 0 saturated heterocycles. The first-order valence-corrected chi connectivity index (χ1v) is 4.50. The highest BCUT2D eigenvalue weighted by molar-refractivity contribution is 6.30. The Morgan fingerprint density at radius 1 is 1.40 bits per heavy atom. The molecule has 2 aromatic rings. The maximum absolute atomic E-state index is 13.4. The topological polar surface area (TPSA) is 41.6 Å². The Bertz CT molecular complexity index is 542. The van der Waals surface area contributed by atoms with Crippen LogP contribution in [0.25, 0.3) is 5.69 Å². The second kappa shape index (κ2) is 3.71. The SMILES string of the molecule is N#Cc1cnn(-c2ccccc2F)c1Cl. The molecular weight excluding hydrogens is 217 g/mol. The van der Waals surface area contributed by atoms with Gasteiger partial charge in [0.1, 0.15) is 23.1 Å². The lowest BCUT2D eigenvalue weighted by Gasteiger charge is -2.03. The summed E-state index contributed by atoms with van der Waals surface area (Å²) in [7, 11) is 0. The third-order valence-corrected chi connectivity index (χ3v) is 2.28. The average molecular weight is 222 g/mol. The van der Waals surface area contributed by atoms with E-state index in [1.807, 2.05) is 6.07 Å². The normalized spacial score (nSPS) is 9.93. The number of para-hydroxylation sites is 1. The lowest BCUT2D eigenvalue weighted by Crippen LogP contribution is -1.99. The van der Waals surface area contributed by atoms with Gasteiger partial charge < -0.3 is 0 Å². The van der Waals surface area contributed by atoms with Crippen LogP contribution >= 0.6 is 11.6 Å². The van der Waals surface area contributed by atoms with Gasteiger partial charge in [0.15, 0.2) is 5.15 Å². The fraction of sp³-hybridized carbons (Fsp3) is 0. The number of hydrogen-bond acceptors (Lipinski definition) is 2. The van der Waals surface area contributed by atoms with E-state index in [2.05, 4.69) is 5.10 Å². The zero-order chi connectivity index (χ0) is 10.8. The first-order chi connectivity index (χ1) is 7.24. The third-order valence-electron chi connectivity index (χ3n) is 1.91. The van der Waals surface area contributed by atoms with Crippen LogP contribution in [0.2, 0.25) is 5.15 Å². The Balaban J connectivity index is 2.61. The molecule has 0 aliphatic heterocycles. The molecule has 0 aliphatic rings. The first-order valence-electron chi connectivity index (χ1n) is 4.12. The van der Waals surface area contributed by atoms with Crippen molar-refractivity contribution in [3.63, 3.8) is 0 Å². The first kappa shape index (κ1) is 9.69. The number of nitrogens with zero attached hydrogens (tertiary/aromatic N) is 3. The molecule has 3 nitrogen and oxygen atoms in total. The van der Waals surface area contributed by atoms with E-state index in [0.717, 1.165) is 0 Å². The number of aromatic nitrogens is 2. The summed E-state index contributed by atoms with van der Waals surface area (Å²) >= 11 is 5.84. The Morgan fingerprint density at radius 3 is 2.73 bits per heavy atom. The zero-order valence-corrected chi connectivity index (χ0v) is 8.24. The number of halogens is 2. The quantitative estimate of drug-likeness (QED) is 0.743. The molecule has 0 fully saturated rings. The fourth-order valence-corrected chi connectivity index (χ4v) is 1.43. The minimum absolute atomic E-state index is 0.114. The summed E-state index contributed by atoms with van der Waals surface area (Å²) in [5, 5.41) is 12.6. The van der Waals surface area contributed by atoms with Gasteiger partial charge in [-0.05, 0) is 12.1 Å². The maximum atomic E-state index is 13.4. The van der Waals surface area contributed by atoms with Crippen LogP contribution in [-0.2, 0) is 0 Å². The van der Waals surface area contributed by atoms with Gasteiger partial charge in [-0.3, -0.25) is 0 Å². The van der Waals surface area contributed by atoms with E-state index in [0.29, 0.717) is 0 Å². The molecule has 74 valence electrons. The van der Waals surface area contributed by atoms with Gasteiger partial charge in [0.05, 0.1) is 6.20 Å². The third kappa shape index (κ3) is 1.58. The standard InChI is InChI=1S/C10H5ClFN3/c11-10-7(5-13)6-14-15(10)9-4-2-1-3-8(9)12/h1-4,6H. The van der Waals surface area contributed by atoms with Gasteiger partial charge >= 0.3 is 0 Å². The van der Waals surface area contributed by atoms with Crippen molar-refractivity contribution in [3.05, 3.63) is 47.0 Å². The molecule has 1 aromatic heterocycles. The van der Waals surface area contributed by atoms with Crippen LogP contribution in [0.1, 0.15) is 5.56 Å². The number of rotatable bonds is 1. The van der Waals surface area contributed by atoms with Crippen molar-refractivity contribution in [2.75, 3.05) is 0 Å². The Kier molecular flexibility index (Phi) is 2.40. The van der Waals surface area contributed by atoms with Crippen molar-refractivity contribution in [3.8, 4) is 11.8 Å². The van der Waals surface area contributed by atoms with Gasteiger partial charge in [-0.25, -0.2) is 9.07 Å². The molecule has 0 N–H and O–H groups in total. The average Bonchev–Trinajstić information content (AvgIpc) is 2.60. The van der Waals surface area contributed by atoms with Crippen LogP contribution in [0.15, 0.2) is 30.5 Å². The molecule has 15 heavy (non-hydrogen) atoms. The van der Waals surface area contributed by atoms with Gasteiger partial charge in [0, 0.05) is 0 Å². The van der Waals surface area contributed by atoms with Crippen molar-refractivity contribution in [1.29, 1.82) is 5.26 Å². The van der Waals surface area contributed by atoms with Crippen LogP contribution in [0.4, 0.5) is 4.39 Å². The van der Waals surface area contributed by atoms with Crippen LogP contribution in [-0.4, -0.2) is 9.78 Å². The summed E-state index contributed by atoms with van der Waals surface area (Å²) in [6.07, 6.45) is 1.30. The lowest BCUT2D eigenvalue weighted by molar-refractivity contribution is 0.611. The summed E-state index contributed by atoms with van der Waals surface area (Å²) in [6, 6.07) is 7.95. The highest BCUT2D eigenvalue weighted by Crippen LogP contribution is 2.20. The second-order valence-electron chi connectivity index (χ2n) is 2.82. The molecule has 0 spiro atoms. The van der Waals surface area contributed by atoms with E-state index in [9.17, 15) is 4.39 Å². The molecule has 0 unspecified atom stereocenters. The number of nitriles is 1. The Labute approximate surface area is 90.3 Å². The molecule has 0 aliphatic carbocycles. The fourth-order valence-electron chi connectivity index (χ4n) is 1.20. The van der Waals surface area contributed by atoms with Gasteiger partial charge in [-0.1, -0.05) is 23.7 Å². The van der Waals surface area contributed by atoms with E-state index < -0.39 is 5.82 Å².